The fourth-order valence-electron chi connectivity index (χ4n) is 5.60. The van der Waals surface area contributed by atoms with Crippen LogP contribution >= 0.6 is 0 Å². The van der Waals surface area contributed by atoms with Gasteiger partial charge in [-0.25, -0.2) is 9.18 Å². The van der Waals surface area contributed by atoms with Gasteiger partial charge in [-0.2, -0.15) is 0 Å². The molecule has 2 bridgehead atoms. The standard InChI is InChI=1S/C27H26FN3O2/c28-20-5-9-25(10-6-20)33-26-11-7-21(8-12-26)29-27(32)31-17-23-15-24(31)16-30(23)22-13-18-3-1-2-4-19(18)14-22/h1-12,22-24H,13-17H2,(H,29,32). The molecule has 2 unspecified atom stereocenters. The highest BCUT2D eigenvalue weighted by Gasteiger charge is 2.48. The summed E-state index contributed by atoms with van der Waals surface area (Å²) in [6.07, 6.45) is 3.31. The summed E-state index contributed by atoms with van der Waals surface area (Å²) in [5.41, 5.74) is 3.69. The van der Waals surface area contributed by atoms with Gasteiger partial charge in [-0.1, -0.05) is 24.3 Å². The molecule has 0 aromatic heterocycles. The highest BCUT2D eigenvalue weighted by molar-refractivity contribution is 5.90. The topological polar surface area (TPSA) is 44.8 Å². The zero-order chi connectivity index (χ0) is 22.4. The van der Waals surface area contributed by atoms with Crippen molar-refractivity contribution in [1.29, 1.82) is 0 Å². The molecule has 1 aliphatic carbocycles. The van der Waals surface area contributed by atoms with Crippen molar-refractivity contribution in [3.8, 4) is 11.5 Å². The Morgan fingerprint density at radius 1 is 0.818 bits per heavy atom. The van der Waals surface area contributed by atoms with Crippen LogP contribution in [0, 0.1) is 5.82 Å². The summed E-state index contributed by atoms with van der Waals surface area (Å²) >= 11 is 0. The van der Waals surface area contributed by atoms with E-state index in [1.54, 1.807) is 24.3 Å². The van der Waals surface area contributed by atoms with Gasteiger partial charge >= 0.3 is 6.03 Å². The number of rotatable bonds is 4. The first-order valence-corrected chi connectivity index (χ1v) is 11.6. The van der Waals surface area contributed by atoms with E-state index in [2.05, 4.69) is 34.5 Å². The number of fused-ring (bicyclic) bond motifs is 3. The summed E-state index contributed by atoms with van der Waals surface area (Å²) in [6, 6.07) is 23.2. The van der Waals surface area contributed by atoms with Gasteiger partial charge in [-0.15, -0.1) is 0 Å². The van der Waals surface area contributed by atoms with Gasteiger partial charge in [0.05, 0.1) is 0 Å². The van der Waals surface area contributed by atoms with Crippen LogP contribution in [0.5, 0.6) is 11.5 Å². The average molecular weight is 444 g/mol. The predicted octanol–water partition coefficient (Wildman–Crippen LogP) is 5.08. The van der Waals surface area contributed by atoms with Crippen LogP contribution in [-0.2, 0) is 12.8 Å². The molecule has 6 rings (SSSR count). The maximum absolute atomic E-state index is 13.0. The summed E-state index contributed by atoms with van der Waals surface area (Å²) in [7, 11) is 0. The Kier molecular flexibility index (Phi) is 5.03. The fourth-order valence-corrected chi connectivity index (χ4v) is 5.60. The SMILES string of the molecule is O=C(Nc1ccc(Oc2ccc(F)cc2)cc1)N1CC2CC1CN2C1Cc2ccccc2C1. The highest BCUT2D eigenvalue weighted by Crippen LogP contribution is 2.36. The number of urea groups is 1. The number of carbonyl (C=O) groups excluding carboxylic acids is 1. The summed E-state index contributed by atoms with van der Waals surface area (Å²) in [6.45, 7) is 1.75. The number of amides is 2. The molecule has 3 aromatic rings. The Hall–Kier alpha value is -3.38. The van der Waals surface area contributed by atoms with Gasteiger partial charge < -0.3 is 15.0 Å². The lowest BCUT2D eigenvalue weighted by atomic mass is 10.1. The quantitative estimate of drug-likeness (QED) is 0.612. The molecule has 2 heterocycles. The first-order valence-electron chi connectivity index (χ1n) is 11.6. The molecule has 168 valence electrons. The number of likely N-dealkylation sites (tertiary alicyclic amines) is 2. The van der Waals surface area contributed by atoms with Crippen molar-refractivity contribution in [3.05, 3.63) is 89.7 Å². The van der Waals surface area contributed by atoms with E-state index in [0.29, 0.717) is 23.6 Å². The second-order valence-corrected chi connectivity index (χ2v) is 9.23. The maximum Gasteiger partial charge on any atom is 0.322 e. The normalized spacial score (nSPS) is 21.9. The zero-order valence-corrected chi connectivity index (χ0v) is 18.3. The van der Waals surface area contributed by atoms with Crippen LogP contribution in [0.3, 0.4) is 0 Å². The molecule has 6 heteroatoms. The molecule has 5 nitrogen and oxygen atoms in total. The van der Waals surface area contributed by atoms with E-state index in [0.717, 1.165) is 38.0 Å². The molecule has 2 amide bonds. The summed E-state index contributed by atoms with van der Waals surface area (Å²) in [5, 5.41) is 3.03. The van der Waals surface area contributed by atoms with E-state index in [-0.39, 0.29) is 17.9 Å². The van der Waals surface area contributed by atoms with Gasteiger partial charge in [-0.05, 0) is 78.9 Å². The van der Waals surface area contributed by atoms with Crippen LogP contribution in [0.25, 0.3) is 0 Å². The van der Waals surface area contributed by atoms with Crippen molar-refractivity contribution < 1.29 is 13.9 Å². The number of ether oxygens (including phenoxy) is 1. The number of anilines is 1. The smallest absolute Gasteiger partial charge is 0.322 e. The first kappa shape index (κ1) is 20.2. The number of carbonyl (C=O) groups is 1. The van der Waals surface area contributed by atoms with E-state index in [4.69, 9.17) is 4.74 Å². The third-order valence-corrected chi connectivity index (χ3v) is 7.20. The highest BCUT2D eigenvalue weighted by atomic mass is 19.1. The van der Waals surface area contributed by atoms with Crippen molar-refractivity contribution in [3.63, 3.8) is 0 Å². The van der Waals surface area contributed by atoms with E-state index in [1.807, 2.05) is 17.0 Å². The lowest BCUT2D eigenvalue weighted by Crippen LogP contribution is -2.53. The van der Waals surface area contributed by atoms with Crippen molar-refractivity contribution in [2.75, 3.05) is 18.4 Å². The molecule has 0 spiro atoms. The summed E-state index contributed by atoms with van der Waals surface area (Å²) in [4.78, 5) is 17.6. The third-order valence-electron chi connectivity index (χ3n) is 7.20. The van der Waals surface area contributed by atoms with E-state index in [9.17, 15) is 9.18 Å². The van der Waals surface area contributed by atoms with Gasteiger partial charge in [0.25, 0.3) is 0 Å². The summed E-state index contributed by atoms with van der Waals surface area (Å²) < 4.78 is 18.8. The van der Waals surface area contributed by atoms with Crippen molar-refractivity contribution in [2.24, 2.45) is 0 Å². The minimum atomic E-state index is -0.299. The molecule has 2 fully saturated rings. The molecule has 0 radical (unpaired) electrons. The van der Waals surface area contributed by atoms with Crippen molar-refractivity contribution in [2.45, 2.75) is 37.4 Å². The van der Waals surface area contributed by atoms with Crippen LogP contribution in [-0.4, -0.2) is 47.0 Å². The van der Waals surface area contributed by atoms with Gasteiger partial charge in [0, 0.05) is 36.9 Å². The number of benzene rings is 3. The van der Waals surface area contributed by atoms with Crippen molar-refractivity contribution in [1.82, 2.24) is 9.80 Å². The minimum Gasteiger partial charge on any atom is -0.457 e. The summed E-state index contributed by atoms with van der Waals surface area (Å²) in [5.74, 6) is 0.900. The maximum atomic E-state index is 13.0. The Morgan fingerprint density at radius 3 is 2.06 bits per heavy atom. The van der Waals surface area contributed by atoms with Gasteiger partial charge in [0.1, 0.15) is 17.3 Å². The predicted molar refractivity (Wildman–Crippen MR) is 125 cm³/mol. The molecule has 0 saturated carbocycles. The average Bonchev–Trinajstić information content (AvgIpc) is 3.55. The Morgan fingerprint density at radius 2 is 1.45 bits per heavy atom. The molecule has 2 aliphatic heterocycles. The Bertz CT molecular complexity index is 1140. The molecular formula is C27H26FN3O2. The molecular weight excluding hydrogens is 417 g/mol. The Labute approximate surface area is 192 Å². The van der Waals surface area contributed by atoms with E-state index in [1.165, 1.54) is 23.3 Å². The second-order valence-electron chi connectivity index (χ2n) is 9.23. The van der Waals surface area contributed by atoms with Crippen LogP contribution in [0.2, 0.25) is 0 Å². The lowest BCUT2D eigenvalue weighted by Gasteiger charge is -2.37. The van der Waals surface area contributed by atoms with Crippen LogP contribution in [0.15, 0.2) is 72.8 Å². The molecule has 3 aliphatic rings. The fraction of sp³-hybridized carbons (Fsp3) is 0.296. The molecule has 2 atom stereocenters. The largest absolute Gasteiger partial charge is 0.457 e. The second kappa shape index (κ2) is 8.19. The molecule has 33 heavy (non-hydrogen) atoms. The Balaban J connectivity index is 1.04. The van der Waals surface area contributed by atoms with E-state index >= 15 is 0 Å². The zero-order valence-electron chi connectivity index (χ0n) is 18.3. The molecule has 2 saturated heterocycles. The molecule has 3 aromatic carbocycles. The monoisotopic (exact) mass is 443 g/mol. The first-order chi connectivity index (χ1) is 16.1. The van der Waals surface area contributed by atoms with Crippen molar-refractivity contribution >= 4 is 11.7 Å². The number of hydrogen-bond acceptors (Lipinski definition) is 3. The van der Waals surface area contributed by atoms with E-state index < -0.39 is 0 Å². The number of piperazine rings is 1. The van der Waals surface area contributed by atoms with Gasteiger partial charge in [0.2, 0.25) is 0 Å². The van der Waals surface area contributed by atoms with Crippen LogP contribution in [0.1, 0.15) is 17.5 Å². The lowest BCUT2D eigenvalue weighted by molar-refractivity contribution is 0.111. The number of halogens is 1. The third kappa shape index (κ3) is 3.95. The number of nitrogens with one attached hydrogen (secondary N) is 1. The number of hydrogen-bond donors (Lipinski definition) is 1. The number of nitrogens with zero attached hydrogens (tertiary/aromatic N) is 2. The minimum absolute atomic E-state index is 0.0379. The van der Waals surface area contributed by atoms with Crippen LogP contribution < -0.4 is 10.1 Å². The molecule has 1 N–H and O–H groups in total. The van der Waals surface area contributed by atoms with Crippen LogP contribution in [0.4, 0.5) is 14.9 Å². The van der Waals surface area contributed by atoms with Gasteiger partial charge in [0.15, 0.2) is 0 Å². The van der Waals surface area contributed by atoms with Gasteiger partial charge in [-0.3, -0.25) is 4.90 Å².